The van der Waals surface area contributed by atoms with E-state index in [4.69, 9.17) is 4.43 Å². The molecule has 0 aliphatic rings. The van der Waals surface area contributed by atoms with Crippen LogP contribution in [0, 0.1) is 0 Å². The molecule has 0 amide bonds. The molecule has 2 heteroatoms. The molecule has 0 N–H and O–H groups in total. The van der Waals surface area contributed by atoms with Gasteiger partial charge in [0.05, 0.1) is 0 Å². The molecule has 1 aromatic carbocycles. The maximum absolute atomic E-state index is 5.37. The van der Waals surface area contributed by atoms with Crippen molar-refractivity contribution in [3.8, 4) is 5.75 Å². The standard InChI is InChI=1S/C11H14OSi/c1-3-9(4-2)10-7-5-6-8-11(10)12-13/h3-9H,1-2H2,13H3. The van der Waals surface area contributed by atoms with Crippen molar-refractivity contribution in [1.82, 2.24) is 0 Å². The summed E-state index contributed by atoms with van der Waals surface area (Å²) in [5, 5.41) is 0. The normalized spacial score (nSPS) is 9.92. The second kappa shape index (κ2) is 4.67. The molecule has 1 nitrogen and oxygen atoms in total. The molecule has 0 saturated heterocycles. The molecular weight excluding hydrogens is 176 g/mol. The van der Waals surface area contributed by atoms with Gasteiger partial charge in [-0.3, -0.25) is 0 Å². The number of hydrogen-bond acceptors (Lipinski definition) is 1. The van der Waals surface area contributed by atoms with Gasteiger partial charge >= 0.3 is 0 Å². The quantitative estimate of drug-likeness (QED) is 0.519. The fraction of sp³-hybridized carbons (Fsp3) is 0.0909. The van der Waals surface area contributed by atoms with Crippen LogP contribution < -0.4 is 4.43 Å². The van der Waals surface area contributed by atoms with Crippen LogP contribution in [0.3, 0.4) is 0 Å². The number of para-hydroxylation sites is 1. The average Bonchev–Trinajstić information content (AvgIpc) is 2.20. The molecule has 0 aliphatic carbocycles. The van der Waals surface area contributed by atoms with Crippen LogP contribution in [0.5, 0.6) is 5.75 Å². The van der Waals surface area contributed by atoms with Gasteiger partial charge in [0.15, 0.2) is 0 Å². The summed E-state index contributed by atoms with van der Waals surface area (Å²) in [6.45, 7) is 7.54. The highest BCUT2D eigenvalue weighted by Gasteiger charge is 2.07. The predicted molar refractivity (Wildman–Crippen MR) is 60.1 cm³/mol. The minimum atomic E-state index is 0.185. The van der Waals surface area contributed by atoms with Crippen LogP contribution in [0.1, 0.15) is 11.5 Å². The Morgan fingerprint density at radius 3 is 2.38 bits per heavy atom. The van der Waals surface area contributed by atoms with Gasteiger partial charge in [-0.2, -0.15) is 0 Å². The Morgan fingerprint density at radius 2 is 1.85 bits per heavy atom. The number of rotatable bonds is 4. The van der Waals surface area contributed by atoms with Crippen molar-refractivity contribution in [3.05, 3.63) is 55.1 Å². The maximum Gasteiger partial charge on any atom is 0.204 e. The van der Waals surface area contributed by atoms with Gasteiger partial charge in [-0.15, -0.1) is 13.2 Å². The summed E-state index contributed by atoms with van der Waals surface area (Å²) in [6.07, 6.45) is 3.73. The summed E-state index contributed by atoms with van der Waals surface area (Å²) in [7, 11) is 0.707. The Morgan fingerprint density at radius 1 is 1.23 bits per heavy atom. The highest BCUT2D eigenvalue weighted by molar-refractivity contribution is 6.00. The Labute approximate surface area is 82.3 Å². The van der Waals surface area contributed by atoms with Gasteiger partial charge in [-0.05, 0) is 6.07 Å². The zero-order chi connectivity index (χ0) is 9.68. The van der Waals surface area contributed by atoms with Gasteiger partial charge in [0.1, 0.15) is 5.75 Å². The van der Waals surface area contributed by atoms with Crippen molar-refractivity contribution >= 4 is 10.5 Å². The van der Waals surface area contributed by atoms with Gasteiger partial charge in [-0.25, -0.2) is 0 Å². The average molecular weight is 190 g/mol. The molecule has 0 spiro atoms. The van der Waals surface area contributed by atoms with Crippen molar-refractivity contribution in [2.24, 2.45) is 0 Å². The van der Waals surface area contributed by atoms with Crippen LogP contribution in [0.25, 0.3) is 0 Å². The highest BCUT2D eigenvalue weighted by atomic mass is 28.2. The third kappa shape index (κ3) is 2.09. The Kier molecular flexibility index (Phi) is 3.52. The Bertz CT molecular complexity index is 299. The molecule has 0 radical (unpaired) electrons. The van der Waals surface area contributed by atoms with Crippen molar-refractivity contribution < 1.29 is 4.43 Å². The topological polar surface area (TPSA) is 9.23 Å². The summed E-state index contributed by atoms with van der Waals surface area (Å²) in [4.78, 5) is 0. The molecule has 1 rings (SSSR count). The van der Waals surface area contributed by atoms with Crippen LogP contribution in [0.15, 0.2) is 49.6 Å². The molecule has 0 heterocycles. The lowest BCUT2D eigenvalue weighted by Gasteiger charge is -2.12. The predicted octanol–water partition coefficient (Wildman–Crippen LogP) is 1.80. The third-order valence-electron chi connectivity index (χ3n) is 2.01. The van der Waals surface area contributed by atoms with E-state index in [0.717, 1.165) is 11.3 Å². The maximum atomic E-state index is 5.37. The van der Waals surface area contributed by atoms with Crippen LogP contribution in [0.2, 0.25) is 0 Å². The minimum Gasteiger partial charge on any atom is -0.553 e. The summed E-state index contributed by atoms with van der Waals surface area (Å²) >= 11 is 0. The van der Waals surface area contributed by atoms with E-state index in [1.165, 1.54) is 0 Å². The van der Waals surface area contributed by atoms with E-state index in [1.807, 2.05) is 36.4 Å². The van der Waals surface area contributed by atoms with Crippen molar-refractivity contribution in [1.29, 1.82) is 0 Å². The van der Waals surface area contributed by atoms with Gasteiger partial charge in [0.25, 0.3) is 0 Å². The van der Waals surface area contributed by atoms with Gasteiger partial charge in [0, 0.05) is 11.5 Å². The summed E-state index contributed by atoms with van der Waals surface area (Å²) in [5.74, 6) is 1.13. The van der Waals surface area contributed by atoms with Crippen LogP contribution in [0.4, 0.5) is 0 Å². The van der Waals surface area contributed by atoms with Crippen molar-refractivity contribution in [2.75, 3.05) is 0 Å². The largest absolute Gasteiger partial charge is 0.553 e. The Hall–Kier alpha value is -1.28. The SMILES string of the molecule is C=CC(C=C)c1ccccc1O[SiH3]. The van der Waals surface area contributed by atoms with E-state index in [1.54, 1.807) is 0 Å². The summed E-state index contributed by atoms with van der Waals surface area (Å²) < 4.78 is 5.37. The number of allylic oxidation sites excluding steroid dienone is 2. The first-order chi connectivity index (χ1) is 6.33. The lowest BCUT2D eigenvalue weighted by atomic mass is 9.99. The van der Waals surface area contributed by atoms with E-state index in [9.17, 15) is 0 Å². The first-order valence-corrected chi connectivity index (χ1v) is 5.03. The fourth-order valence-electron chi connectivity index (χ4n) is 1.29. The van der Waals surface area contributed by atoms with Crippen LogP contribution >= 0.6 is 0 Å². The lowest BCUT2D eigenvalue weighted by Crippen LogP contribution is -1.95. The fourth-order valence-corrected chi connectivity index (χ4v) is 1.66. The molecule has 0 aliphatic heterocycles. The molecule has 0 fully saturated rings. The summed E-state index contributed by atoms with van der Waals surface area (Å²) in [5.41, 5.74) is 1.14. The smallest absolute Gasteiger partial charge is 0.204 e. The summed E-state index contributed by atoms with van der Waals surface area (Å²) in [6, 6.07) is 7.99. The van der Waals surface area contributed by atoms with E-state index >= 15 is 0 Å². The number of benzene rings is 1. The van der Waals surface area contributed by atoms with Crippen molar-refractivity contribution in [2.45, 2.75) is 5.92 Å². The van der Waals surface area contributed by atoms with Crippen LogP contribution in [-0.4, -0.2) is 10.5 Å². The molecule has 0 aromatic heterocycles. The van der Waals surface area contributed by atoms with E-state index < -0.39 is 0 Å². The lowest BCUT2D eigenvalue weighted by molar-refractivity contribution is 0.605. The molecular formula is C11H14OSi. The number of hydrogen-bond donors (Lipinski definition) is 0. The van der Waals surface area contributed by atoms with Crippen LogP contribution in [-0.2, 0) is 0 Å². The van der Waals surface area contributed by atoms with Gasteiger partial charge in [-0.1, -0.05) is 30.4 Å². The second-order valence-electron chi connectivity index (χ2n) is 2.74. The molecule has 0 unspecified atom stereocenters. The molecule has 68 valence electrons. The van der Waals surface area contributed by atoms with E-state index in [-0.39, 0.29) is 5.92 Å². The monoisotopic (exact) mass is 190 g/mol. The minimum absolute atomic E-state index is 0.185. The van der Waals surface area contributed by atoms with Gasteiger partial charge in [0.2, 0.25) is 10.5 Å². The van der Waals surface area contributed by atoms with Crippen molar-refractivity contribution in [3.63, 3.8) is 0 Å². The molecule has 0 bridgehead atoms. The zero-order valence-corrected chi connectivity index (χ0v) is 9.86. The Balaban J connectivity index is 3.10. The zero-order valence-electron chi connectivity index (χ0n) is 7.86. The second-order valence-corrected chi connectivity index (χ2v) is 3.15. The molecule has 13 heavy (non-hydrogen) atoms. The first kappa shape index (κ1) is 9.80. The first-order valence-electron chi connectivity index (χ1n) is 4.21. The van der Waals surface area contributed by atoms with E-state index in [0.29, 0.717) is 10.5 Å². The molecule has 0 atom stereocenters. The highest BCUT2D eigenvalue weighted by Crippen LogP contribution is 2.27. The van der Waals surface area contributed by atoms with Gasteiger partial charge < -0.3 is 4.43 Å². The van der Waals surface area contributed by atoms with E-state index in [2.05, 4.69) is 13.2 Å². The molecule has 1 aromatic rings. The molecule has 0 saturated carbocycles. The third-order valence-corrected chi connectivity index (χ3v) is 2.45.